The van der Waals surface area contributed by atoms with Crippen LogP contribution in [0, 0.1) is 0 Å². The summed E-state index contributed by atoms with van der Waals surface area (Å²) in [5.74, 6) is -0.635. The summed E-state index contributed by atoms with van der Waals surface area (Å²) in [7, 11) is 0. The Balaban J connectivity index is 0.00000625. The first-order chi connectivity index (χ1) is 12.2. The van der Waals surface area contributed by atoms with Gasteiger partial charge in [-0.3, -0.25) is 0 Å². The van der Waals surface area contributed by atoms with Gasteiger partial charge in [-0.05, 0) is 19.8 Å². The molecule has 1 rings (SSSR count). The fourth-order valence-corrected chi connectivity index (χ4v) is 2.97. The number of hydrogen-bond donors (Lipinski definition) is 0. The number of pyridine rings is 1. The van der Waals surface area contributed by atoms with E-state index in [1.165, 1.54) is 38.5 Å². The number of nitrogens with zero attached hydrogens (tertiary/aromatic N) is 1. The van der Waals surface area contributed by atoms with Crippen LogP contribution in [0.2, 0.25) is 0 Å². The molecule has 0 N–H and O–H groups in total. The summed E-state index contributed by atoms with van der Waals surface area (Å²) in [5.41, 5.74) is 1.12. The van der Waals surface area contributed by atoms with E-state index < -0.39 is 5.79 Å². The quantitative estimate of drug-likeness (QED) is 0.184. The molecule has 0 spiro atoms. The summed E-state index contributed by atoms with van der Waals surface area (Å²) in [6, 6.07) is 4.29. The fraction of sp³-hybridized carbons (Fsp3) is 0.773. The van der Waals surface area contributed by atoms with E-state index in [4.69, 9.17) is 9.47 Å². The molecule has 3 nitrogen and oxygen atoms in total. The summed E-state index contributed by atoms with van der Waals surface area (Å²) >= 11 is 0. The van der Waals surface area contributed by atoms with Crippen molar-refractivity contribution < 1.29 is 14.0 Å². The monoisotopic (exact) mass is 374 g/mol. The van der Waals surface area contributed by atoms with E-state index in [1.54, 1.807) is 0 Å². The molecule has 0 fully saturated rings. The Labute approximate surface area is 184 Å². The summed E-state index contributed by atoms with van der Waals surface area (Å²) in [6.45, 7) is 11.3. The van der Waals surface area contributed by atoms with Gasteiger partial charge in [-0.1, -0.05) is 59.3 Å². The molecular weight excluding hydrogens is 333 g/mol. The molecule has 0 aliphatic carbocycles. The molecule has 0 saturated heterocycles. The van der Waals surface area contributed by atoms with Crippen molar-refractivity contribution >= 4 is 29.6 Å². The molecule has 1 heterocycles. The van der Waals surface area contributed by atoms with E-state index in [0.29, 0.717) is 0 Å². The molecule has 1 aromatic heterocycles. The van der Waals surface area contributed by atoms with Gasteiger partial charge in [0.25, 0.3) is 0 Å². The van der Waals surface area contributed by atoms with E-state index in [-0.39, 0.29) is 29.6 Å². The Bertz CT molecular complexity index is 422. The van der Waals surface area contributed by atoms with Gasteiger partial charge in [0.05, 0.1) is 13.2 Å². The van der Waals surface area contributed by atoms with Crippen LogP contribution in [0.15, 0.2) is 24.5 Å². The average molecular weight is 375 g/mol. The van der Waals surface area contributed by atoms with Crippen LogP contribution in [0.3, 0.4) is 0 Å². The molecule has 146 valence electrons. The summed E-state index contributed by atoms with van der Waals surface area (Å²) in [6.07, 6.45) is 15.1. The summed E-state index contributed by atoms with van der Waals surface area (Å²) < 4.78 is 14.7. The van der Waals surface area contributed by atoms with Crippen molar-refractivity contribution in [3.05, 3.63) is 30.1 Å². The van der Waals surface area contributed by atoms with Crippen LogP contribution in [-0.4, -0.2) is 42.8 Å². The molecule has 26 heavy (non-hydrogen) atoms. The number of hydrogen-bond acceptors (Lipinski definition) is 2. The topological polar surface area (TPSA) is 22.3 Å². The van der Waals surface area contributed by atoms with Crippen LogP contribution < -0.4 is 4.57 Å². The van der Waals surface area contributed by atoms with Crippen molar-refractivity contribution in [1.29, 1.82) is 0 Å². The summed E-state index contributed by atoms with van der Waals surface area (Å²) in [5, 5.41) is 0. The molecular formula is C22H41NNaO2+. The number of aromatic nitrogens is 1. The van der Waals surface area contributed by atoms with E-state index in [1.807, 2.05) is 0 Å². The van der Waals surface area contributed by atoms with E-state index in [2.05, 4.69) is 56.8 Å². The third-order valence-electron chi connectivity index (χ3n) is 4.65. The molecule has 0 aromatic carbocycles. The Hall–Kier alpha value is 0.0700. The van der Waals surface area contributed by atoms with Gasteiger partial charge >= 0.3 is 29.6 Å². The maximum absolute atomic E-state index is 6.24. The predicted octanol–water partition coefficient (Wildman–Crippen LogP) is 5.10. The van der Waals surface area contributed by atoms with Crippen LogP contribution in [0.5, 0.6) is 0 Å². The second-order valence-corrected chi connectivity index (χ2v) is 7.09. The second-order valence-electron chi connectivity index (χ2n) is 7.09. The number of ether oxygens (including phenoxy) is 2. The van der Waals surface area contributed by atoms with Gasteiger partial charge in [0, 0.05) is 24.1 Å². The normalized spacial score (nSPS) is 11.4. The molecule has 0 aliphatic rings. The van der Waals surface area contributed by atoms with Gasteiger partial charge in [-0.15, -0.1) is 0 Å². The van der Waals surface area contributed by atoms with Crippen molar-refractivity contribution in [2.24, 2.45) is 0 Å². The van der Waals surface area contributed by atoms with E-state index in [9.17, 15) is 0 Å². The van der Waals surface area contributed by atoms with Crippen molar-refractivity contribution in [3.63, 3.8) is 0 Å². The fourth-order valence-electron chi connectivity index (χ4n) is 2.97. The minimum absolute atomic E-state index is 0. The van der Waals surface area contributed by atoms with Crippen molar-refractivity contribution in [2.45, 2.75) is 97.8 Å². The first kappa shape index (κ1) is 26.1. The predicted molar refractivity (Wildman–Crippen MR) is 112 cm³/mol. The van der Waals surface area contributed by atoms with Crippen LogP contribution in [0.25, 0.3) is 0 Å². The zero-order valence-electron chi connectivity index (χ0n) is 17.1. The number of unbranched alkanes of at least 4 members (excludes halogenated alkanes) is 6. The van der Waals surface area contributed by atoms with Crippen molar-refractivity contribution in [1.82, 2.24) is 0 Å². The Kier molecular flexibility index (Phi) is 16.1. The molecule has 0 bridgehead atoms. The van der Waals surface area contributed by atoms with Crippen LogP contribution in [0.4, 0.5) is 0 Å². The first-order valence-corrected chi connectivity index (χ1v) is 10.4. The van der Waals surface area contributed by atoms with E-state index in [0.717, 1.165) is 44.6 Å². The van der Waals surface area contributed by atoms with E-state index >= 15 is 0 Å². The molecule has 1 aromatic rings. The molecule has 0 aliphatic heterocycles. The molecule has 0 radical (unpaired) electrons. The zero-order chi connectivity index (χ0) is 18.4. The van der Waals surface area contributed by atoms with Crippen LogP contribution >= 0.6 is 0 Å². The van der Waals surface area contributed by atoms with Gasteiger partial charge in [0.1, 0.15) is 6.54 Å². The maximum atomic E-state index is 6.24. The number of aryl methyl sites for hydroxylation is 1. The molecule has 0 unspecified atom stereocenters. The molecule has 0 saturated carbocycles. The molecule has 0 atom stereocenters. The number of rotatable bonds is 15. The van der Waals surface area contributed by atoms with Gasteiger partial charge in [0.15, 0.2) is 18.2 Å². The SMILES string of the molecule is CCCCCCOC(C)(OCCCCCC)c1cc[n+](CCC)cc1.[NaH]. The van der Waals surface area contributed by atoms with Gasteiger partial charge in [-0.2, -0.15) is 0 Å². The van der Waals surface area contributed by atoms with Crippen LogP contribution in [0.1, 0.15) is 91.0 Å². The van der Waals surface area contributed by atoms with Crippen molar-refractivity contribution in [3.8, 4) is 0 Å². The first-order valence-electron chi connectivity index (χ1n) is 10.4. The Morgan fingerprint density at radius 3 is 1.69 bits per heavy atom. The third kappa shape index (κ3) is 10.4. The van der Waals surface area contributed by atoms with Gasteiger partial charge in [-0.25, -0.2) is 4.57 Å². The van der Waals surface area contributed by atoms with Gasteiger partial charge in [0.2, 0.25) is 0 Å². The average Bonchev–Trinajstić information content (AvgIpc) is 2.62. The Morgan fingerprint density at radius 2 is 1.27 bits per heavy atom. The third-order valence-corrected chi connectivity index (χ3v) is 4.65. The van der Waals surface area contributed by atoms with Crippen molar-refractivity contribution in [2.75, 3.05) is 13.2 Å². The zero-order valence-corrected chi connectivity index (χ0v) is 17.1. The summed E-state index contributed by atoms with van der Waals surface area (Å²) in [4.78, 5) is 0. The standard InChI is InChI=1S/C22H40NO2.Na.H/c1-5-8-10-12-19-24-22(4,25-20-13-11-9-6-2)21-14-17-23(16-7-3)18-15-21;;/h14-15,17-18H,5-13,16,19-20H2,1-4H3;;/q+1;;. The Morgan fingerprint density at radius 1 is 0.769 bits per heavy atom. The minimum atomic E-state index is -0.635. The molecule has 4 heteroatoms. The van der Waals surface area contributed by atoms with Crippen LogP contribution in [-0.2, 0) is 21.8 Å². The molecule has 0 amide bonds. The second kappa shape index (κ2) is 16.1. The van der Waals surface area contributed by atoms with Gasteiger partial charge < -0.3 is 9.47 Å².